The maximum atomic E-state index is 6.16. The lowest BCUT2D eigenvalue weighted by Crippen LogP contribution is -2.08. The summed E-state index contributed by atoms with van der Waals surface area (Å²) in [6, 6.07) is 11.9. The molecule has 0 bridgehead atoms. The van der Waals surface area contributed by atoms with Gasteiger partial charge in [0, 0.05) is 10.2 Å². The molecular formula is C16H19BrN2O. The first-order valence-corrected chi connectivity index (χ1v) is 7.34. The maximum absolute atomic E-state index is 6.16. The van der Waals surface area contributed by atoms with Crippen LogP contribution < -0.4 is 15.8 Å². The van der Waals surface area contributed by atoms with E-state index in [9.17, 15) is 0 Å². The number of halogens is 1. The third-order valence-corrected chi connectivity index (χ3v) is 3.21. The first kappa shape index (κ1) is 14.7. The van der Waals surface area contributed by atoms with E-state index in [-0.39, 0.29) is 6.10 Å². The number of nitrogen functional groups attached to an aromatic ring is 1. The van der Waals surface area contributed by atoms with Gasteiger partial charge in [0.05, 0.1) is 17.5 Å². The van der Waals surface area contributed by atoms with Crippen LogP contribution in [0.3, 0.4) is 0 Å². The van der Waals surface area contributed by atoms with E-state index in [0.717, 1.165) is 15.8 Å². The van der Waals surface area contributed by atoms with Gasteiger partial charge in [0.25, 0.3) is 0 Å². The minimum absolute atomic E-state index is 0.0978. The van der Waals surface area contributed by atoms with Crippen LogP contribution in [-0.2, 0) is 0 Å². The first-order chi connectivity index (χ1) is 9.45. The summed E-state index contributed by atoms with van der Waals surface area (Å²) in [4.78, 5) is 0. The zero-order chi connectivity index (χ0) is 14.7. The van der Waals surface area contributed by atoms with E-state index < -0.39 is 0 Å². The van der Waals surface area contributed by atoms with Gasteiger partial charge in [0.1, 0.15) is 5.75 Å². The van der Waals surface area contributed by atoms with Crippen molar-refractivity contribution in [3.63, 3.8) is 0 Å². The van der Waals surface area contributed by atoms with Crippen molar-refractivity contribution in [2.24, 2.45) is 0 Å². The van der Waals surface area contributed by atoms with Gasteiger partial charge in [0.2, 0.25) is 0 Å². The number of benzene rings is 2. The Hall–Kier alpha value is -1.68. The molecule has 0 saturated heterocycles. The molecule has 0 fully saturated rings. The van der Waals surface area contributed by atoms with Crippen molar-refractivity contribution in [1.82, 2.24) is 0 Å². The minimum atomic E-state index is 0.0978. The van der Waals surface area contributed by atoms with Crippen LogP contribution in [0.5, 0.6) is 5.75 Å². The van der Waals surface area contributed by atoms with Crippen molar-refractivity contribution < 1.29 is 4.74 Å². The van der Waals surface area contributed by atoms with Crippen LogP contribution in [-0.4, -0.2) is 6.10 Å². The van der Waals surface area contributed by atoms with E-state index in [1.54, 1.807) is 0 Å². The summed E-state index contributed by atoms with van der Waals surface area (Å²) in [5.74, 6) is 0.705. The molecule has 0 amide bonds. The standard InChI is InChI=1S/C16H19BrN2O/c1-10(2)20-15-6-4-5-14(16(15)18)19-13-8-11(3)7-12(17)9-13/h4-10,19H,18H2,1-3H3. The van der Waals surface area contributed by atoms with Crippen LogP contribution in [0.2, 0.25) is 0 Å². The summed E-state index contributed by atoms with van der Waals surface area (Å²) in [6.07, 6.45) is 0.0978. The van der Waals surface area contributed by atoms with Crippen molar-refractivity contribution >= 4 is 33.0 Å². The van der Waals surface area contributed by atoms with Gasteiger partial charge in [-0.3, -0.25) is 0 Å². The average Bonchev–Trinajstić information content (AvgIpc) is 2.32. The molecule has 2 aromatic carbocycles. The molecule has 3 N–H and O–H groups in total. The quantitative estimate of drug-likeness (QED) is 0.784. The van der Waals surface area contributed by atoms with Crippen LogP contribution in [0.25, 0.3) is 0 Å². The molecular weight excluding hydrogens is 316 g/mol. The minimum Gasteiger partial charge on any atom is -0.489 e. The fourth-order valence-electron chi connectivity index (χ4n) is 1.97. The van der Waals surface area contributed by atoms with E-state index in [1.807, 2.05) is 38.1 Å². The molecule has 106 valence electrons. The van der Waals surface area contributed by atoms with Gasteiger partial charge in [-0.1, -0.05) is 22.0 Å². The fraction of sp³-hybridized carbons (Fsp3) is 0.250. The third-order valence-electron chi connectivity index (χ3n) is 2.75. The molecule has 0 aliphatic heterocycles. The lowest BCUT2D eigenvalue weighted by molar-refractivity contribution is 0.244. The molecule has 20 heavy (non-hydrogen) atoms. The number of hydrogen-bond acceptors (Lipinski definition) is 3. The molecule has 0 aromatic heterocycles. The van der Waals surface area contributed by atoms with E-state index in [1.165, 1.54) is 5.56 Å². The van der Waals surface area contributed by atoms with Crippen LogP contribution in [0.4, 0.5) is 17.1 Å². The molecule has 0 atom stereocenters. The highest BCUT2D eigenvalue weighted by atomic mass is 79.9. The summed E-state index contributed by atoms with van der Waals surface area (Å²) in [6.45, 7) is 6.02. The lowest BCUT2D eigenvalue weighted by atomic mass is 10.2. The number of aryl methyl sites for hydroxylation is 1. The van der Waals surface area contributed by atoms with E-state index in [0.29, 0.717) is 11.4 Å². The fourth-order valence-corrected chi connectivity index (χ4v) is 2.58. The second-order valence-corrected chi connectivity index (χ2v) is 5.94. The molecule has 0 aliphatic carbocycles. The second-order valence-electron chi connectivity index (χ2n) is 5.03. The Morgan fingerprint density at radius 3 is 2.60 bits per heavy atom. The summed E-state index contributed by atoms with van der Waals surface area (Å²) in [5, 5.41) is 3.33. The number of para-hydroxylation sites is 1. The number of nitrogens with two attached hydrogens (primary N) is 1. The molecule has 0 spiro atoms. The highest BCUT2D eigenvalue weighted by Gasteiger charge is 2.08. The first-order valence-electron chi connectivity index (χ1n) is 6.55. The molecule has 0 unspecified atom stereocenters. The van der Waals surface area contributed by atoms with Crippen LogP contribution >= 0.6 is 15.9 Å². The Kier molecular flexibility index (Phi) is 4.55. The Bertz CT molecular complexity index is 591. The largest absolute Gasteiger partial charge is 0.489 e. The SMILES string of the molecule is Cc1cc(Br)cc(Nc2cccc(OC(C)C)c2N)c1. The molecule has 0 aliphatic rings. The predicted molar refractivity (Wildman–Crippen MR) is 88.8 cm³/mol. The van der Waals surface area contributed by atoms with Gasteiger partial charge in [0.15, 0.2) is 0 Å². The number of anilines is 3. The molecule has 0 heterocycles. The monoisotopic (exact) mass is 334 g/mol. The molecule has 2 rings (SSSR count). The summed E-state index contributed by atoms with van der Waals surface area (Å²) in [7, 11) is 0. The van der Waals surface area contributed by atoms with Gasteiger partial charge >= 0.3 is 0 Å². The number of ether oxygens (including phenoxy) is 1. The average molecular weight is 335 g/mol. The maximum Gasteiger partial charge on any atom is 0.144 e. The zero-order valence-corrected chi connectivity index (χ0v) is 13.5. The number of nitrogens with one attached hydrogen (secondary N) is 1. The van der Waals surface area contributed by atoms with E-state index in [4.69, 9.17) is 10.5 Å². The lowest BCUT2D eigenvalue weighted by Gasteiger charge is -2.16. The van der Waals surface area contributed by atoms with Crippen molar-refractivity contribution in [1.29, 1.82) is 0 Å². The van der Waals surface area contributed by atoms with Crippen LogP contribution in [0.1, 0.15) is 19.4 Å². The zero-order valence-electron chi connectivity index (χ0n) is 11.9. The van der Waals surface area contributed by atoms with Crippen LogP contribution in [0, 0.1) is 6.92 Å². The van der Waals surface area contributed by atoms with Crippen molar-refractivity contribution in [2.45, 2.75) is 26.9 Å². The van der Waals surface area contributed by atoms with E-state index >= 15 is 0 Å². The Morgan fingerprint density at radius 2 is 1.95 bits per heavy atom. The highest BCUT2D eigenvalue weighted by molar-refractivity contribution is 9.10. The predicted octanol–water partition coefficient (Wildman–Crippen LogP) is 4.87. The molecule has 0 radical (unpaired) electrons. The normalized spacial score (nSPS) is 10.7. The molecule has 3 nitrogen and oxygen atoms in total. The third kappa shape index (κ3) is 3.67. The Morgan fingerprint density at radius 1 is 1.20 bits per heavy atom. The highest BCUT2D eigenvalue weighted by Crippen LogP contribution is 2.33. The summed E-state index contributed by atoms with van der Waals surface area (Å²) < 4.78 is 6.73. The molecule has 2 aromatic rings. The second kappa shape index (κ2) is 6.18. The Labute approximate surface area is 128 Å². The van der Waals surface area contributed by atoms with Gasteiger partial charge < -0.3 is 15.8 Å². The summed E-state index contributed by atoms with van der Waals surface area (Å²) >= 11 is 3.50. The summed E-state index contributed by atoms with van der Waals surface area (Å²) in [5.41, 5.74) is 9.80. The van der Waals surface area contributed by atoms with Crippen molar-refractivity contribution in [2.75, 3.05) is 11.1 Å². The molecule has 4 heteroatoms. The van der Waals surface area contributed by atoms with Gasteiger partial charge in [-0.2, -0.15) is 0 Å². The number of rotatable bonds is 4. The van der Waals surface area contributed by atoms with Crippen LogP contribution in [0.15, 0.2) is 40.9 Å². The van der Waals surface area contributed by atoms with E-state index in [2.05, 4.69) is 40.3 Å². The Balaban J connectivity index is 2.29. The van der Waals surface area contributed by atoms with Gasteiger partial charge in [-0.25, -0.2) is 0 Å². The molecule has 0 saturated carbocycles. The number of hydrogen-bond donors (Lipinski definition) is 2. The smallest absolute Gasteiger partial charge is 0.144 e. The van der Waals surface area contributed by atoms with Crippen molar-refractivity contribution in [3.8, 4) is 5.75 Å². The van der Waals surface area contributed by atoms with Gasteiger partial charge in [-0.15, -0.1) is 0 Å². The topological polar surface area (TPSA) is 47.3 Å². The van der Waals surface area contributed by atoms with Crippen molar-refractivity contribution in [3.05, 3.63) is 46.4 Å². The van der Waals surface area contributed by atoms with Gasteiger partial charge in [-0.05, 0) is 56.7 Å².